The number of halogens is 1. The van der Waals surface area contributed by atoms with E-state index < -0.39 is 0 Å². The third kappa shape index (κ3) is 2.88. The zero-order chi connectivity index (χ0) is 14.8. The van der Waals surface area contributed by atoms with Gasteiger partial charge in [-0.2, -0.15) is 0 Å². The summed E-state index contributed by atoms with van der Waals surface area (Å²) in [5.41, 5.74) is 2.64. The number of carbonyl (C=O) groups excluding carboxylic acids is 1. The van der Waals surface area contributed by atoms with Crippen LogP contribution in [0.3, 0.4) is 0 Å². The number of pyridine rings is 1. The highest BCUT2D eigenvalue weighted by Gasteiger charge is 2.08. The van der Waals surface area contributed by atoms with E-state index >= 15 is 0 Å². The minimum absolute atomic E-state index is 0.340. The van der Waals surface area contributed by atoms with Crippen LogP contribution in [-0.2, 0) is 4.79 Å². The van der Waals surface area contributed by atoms with Crippen molar-refractivity contribution in [3.05, 3.63) is 59.8 Å². The number of fused-ring (bicyclic) bond motifs is 1. The van der Waals surface area contributed by atoms with Crippen LogP contribution in [0.15, 0.2) is 54.6 Å². The first-order valence-electron chi connectivity index (χ1n) is 6.47. The summed E-state index contributed by atoms with van der Waals surface area (Å²) in [6, 6.07) is 17.0. The summed E-state index contributed by atoms with van der Waals surface area (Å²) in [6.07, 6.45) is 0. The lowest BCUT2D eigenvalue weighted by atomic mass is 10.1. The van der Waals surface area contributed by atoms with Gasteiger partial charge in [-0.1, -0.05) is 41.9 Å². The van der Waals surface area contributed by atoms with Crippen LogP contribution < -0.4 is 4.74 Å². The third-order valence-electron chi connectivity index (χ3n) is 3.10. The highest BCUT2D eigenvalue weighted by atomic mass is 35.5. The maximum absolute atomic E-state index is 10.9. The van der Waals surface area contributed by atoms with Crippen molar-refractivity contribution in [3.8, 4) is 16.9 Å². The number of hydrogen-bond donors (Lipinski definition) is 0. The van der Waals surface area contributed by atoms with Crippen molar-refractivity contribution in [2.75, 3.05) is 0 Å². The van der Waals surface area contributed by atoms with E-state index in [1.165, 1.54) is 6.92 Å². The zero-order valence-corrected chi connectivity index (χ0v) is 12.1. The number of ether oxygens (including phenoxy) is 1. The fraction of sp³-hybridized carbons (Fsp3) is 0.0588. The van der Waals surface area contributed by atoms with Crippen LogP contribution >= 0.6 is 11.6 Å². The molecule has 0 fully saturated rings. The van der Waals surface area contributed by atoms with Gasteiger partial charge < -0.3 is 4.74 Å². The number of hydrogen-bond acceptors (Lipinski definition) is 3. The minimum atomic E-state index is -0.340. The summed E-state index contributed by atoms with van der Waals surface area (Å²) < 4.78 is 5.02. The monoisotopic (exact) mass is 297 g/mol. The molecule has 0 saturated carbocycles. The van der Waals surface area contributed by atoms with Gasteiger partial charge in [-0.25, -0.2) is 4.98 Å². The second-order valence-corrected chi connectivity index (χ2v) is 5.00. The lowest BCUT2D eigenvalue weighted by Crippen LogP contribution is -2.00. The smallest absolute Gasteiger partial charge is 0.308 e. The van der Waals surface area contributed by atoms with Crippen LogP contribution in [0.25, 0.3) is 22.0 Å². The molecule has 3 nitrogen and oxygen atoms in total. The molecular weight excluding hydrogens is 286 g/mol. The van der Waals surface area contributed by atoms with E-state index in [4.69, 9.17) is 16.3 Å². The van der Waals surface area contributed by atoms with Gasteiger partial charge in [0.15, 0.2) is 0 Å². The number of benzene rings is 2. The summed E-state index contributed by atoms with van der Waals surface area (Å²) in [4.78, 5) is 15.3. The molecule has 0 atom stereocenters. The van der Waals surface area contributed by atoms with E-state index in [1.807, 2.05) is 42.5 Å². The van der Waals surface area contributed by atoms with E-state index in [9.17, 15) is 4.79 Å². The van der Waals surface area contributed by atoms with Crippen molar-refractivity contribution < 1.29 is 9.53 Å². The summed E-state index contributed by atoms with van der Waals surface area (Å²) in [7, 11) is 0. The average molecular weight is 298 g/mol. The molecule has 0 spiro atoms. The van der Waals surface area contributed by atoms with Crippen LogP contribution in [-0.4, -0.2) is 11.0 Å². The Hall–Kier alpha value is -2.39. The predicted molar refractivity (Wildman–Crippen MR) is 83.5 cm³/mol. The van der Waals surface area contributed by atoms with Crippen LogP contribution in [0.4, 0.5) is 0 Å². The fourth-order valence-electron chi connectivity index (χ4n) is 2.16. The molecule has 0 bridgehead atoms. The maximum atomic E-state index is 10.9. The maximum Gasteiger partial charge on any atom is 0.308 e. The Morgan fingerprint density at radius 3 is 2.52 bits per heavy atom. The Kier molecular flexibility index (Phi) is 3.59. The van der Waals surface area contributed by atoms with Crippen LogP contribution in [0, 0.1) is 0 Å². The van der Waals surface area contributed by atoms with Gasteiger partial charge >= 0.3 is 5.97 Å². The van der Waals surface area contributed by atoms with Crippen LogP contribution in [0.5, 0.6) is 5.75 Å². The van der Waals surface area contributed by atoms with Gasteiger partial charge in [-0.15, -0.1) is 0 Å². The molecule has 0 radical (unpaired) electrons. The van der Waals surface area contributed by atoms with Gasteiger partial charge in [0.1, 0.15) is 10.9 Å². The number of esters is 1. The average Bonchev–Trinajstić information content (AvgIpc) is 2.47. The molecule has 3 aromatic rings. The van der Waals surface area contributed by atoms with E-state index in [1.54, 1.807) is 12.1 Å². The molecule has 0 aliphatic carbocycles. The Labute approximate surface area is 127 Å². The van der Waals surface area contributed by atoms with Crippen molar-refractivity contribution in [1.82, 2.24) is 4.98 Å². The summed E-state index contributed by atoms with van der Waals surface area (Å²) in [5, 5.41) is 1.48. The third-order valence-corrected chi connectivity index (χ3v) is 3.39. The predicted octanol–water partition coefficient (Wildman–Crippen LogP) is 4.48. The molecule has 1 aromatic heterocycles. The van der Waals surface area contributed by atoms with Crippen LogP contribution in [0.2, 0.25) is 5.15 Å². The van der Waals surface area contributed by atoms with Gasteiger partial charge in [-0.05, 0) is 29.8 Å². The van der Waals surface area contributed by atoms with Gasteiger partial charge in [0.05, 0.1) is 5.52 Å². The van der Waals surface area contributed by atoms with Gasteiger partial charge in [0.2, 0.25) is 0 Å². The van der Waals surface area contributed by atoms with Gasteiger partial charge in [0, 0.05) is 17.9 Å². The lowest BCUT2D eigenvalue weighted by molar-refractivity contribution is -0.131. The normalized spacial score (nSPS) is 10.6. The lowest BCUT2D eigenvalue weighted by Gasteiger charge is -2.07. The van der Waals surface area contributed by atoms with Crippen molar-refractivity contribution in [3.63, 3.8) is 0 Å². The Balaban J connectivity index is 2.03. The number of nitrogens with zero attached hydrogens (tertiary/aromatic N) is 1. The Morgan fingerprint density at radius 2 is 1.81 bits per heavy atom. The Bertz CT molecular complexity index is 813. The molecule has 0 aliphatic rings. The topological polar surface area (TPSA) is 39.2 Å². The first kappa shape index (κ1) is 13.6. The largest absolute Gasteiger partial charge is 0.427 e. The molecule has 1 heterocycles. The molecule has 0 saturated heterocycles. The van der Waals surface area contributed by atoms with Gasteiger partial charge in [0.25, 0.3) is 0 Å². The molecule has 2 aromatic carbocycles. The molecular formula is C17H12ClNO2. The fourth-order valence-corrected chi connectivity index (χ4v) is 2.42. The van der Waals surface area contributed by atoms with Crippen molar-refractivity contribution >= 4 is 28.5 Å². The van der Waals surface area contributed by atoms with Gasteiger partial charge in [-0.3, -0.25) is 4.79 Å². The summed E-state index contributed by atoms with van der Waals surface area (Å²) >= 11 is 6.27. The molecule has 0 unspecified atom stereocenters. The van der Waals surface area contributed by atoms with E-state index in [2.05, 4.69) is 4.98 Å². The zero-order valence-electron chi connectivity index (χ0n) is 11.3. The highest BCUT2D eigenvalue weighted by molar-refractivity contribution is 6.32. The van der Waals surface area contributed by atoms with Crippen molar-refractivity contribution in [1.29, 1.82) is 0 Å². The summed E-state index contributed by atoms with van der Waals surface area (Å²) in [5.74, 6) is 0.171. The van der Waals surface area contributed by atoms with Crippen LogP contribution in [0.1, 0.15) is 6.92 Å². The van der Waals surface area contributed by atoms with Crippen molar-refractivity contribution in [2.24, 2.45) is 0 Å². The first-order chi connectivity index (χ1) is 10.1. The summed E-state index contributed by atoms with van der Waals surface area (Å²) in [6.45, 7) is 1.37. The van der Waals surface area contributed by atoms with E-state index in [0.717, 1.165) is 22.0 Å². The Morgan fingerprint density at radius 1 is 1.10 bits per heavy atom. The quantitative estimate of drug-likeness (QED) is 0.398. The number of para-hydroxylation sites is 1. The SMILES string of the molecule is CC(=O)Oc1ccc(-c2cc3ccccc3nc2Cl)cc1. The van der Waals surface area contributed by atoms with E-state index in [0.29, 0.717) is 10.9 Å². The molecule has 21 heavy (non-hydrogen) atoms. The number of aromatic nitrogens is 1. The second-order valence-electron chi connectivity index (χ2n) is 4.64. The molecule has 0 aliphatic heterocycles. The molecule has 104 valence electrons. The second kappa shape index (κ2) is 5.54. The molecule has 0 N–H and O–H groups in total. The van der Waals surface area contributed by atoms with E-state index in [-0.39, 0.29) is 5.97 Å². The minimum Gasteiger partial charge on any atom is -0.427 e. The van der Waals surface area contributed by atoms with Crippen molar-refractivity contribution in [2.45, 2.75) is 6.92 Å². The first-order valence-corrected chi connectivity index (χ1v) is 6.85. The molecule has 3 rings (SSSR count). The highest BCUT2D eigenvalue weighted by Crippen LogP contribution is 2.30. The number of rotatable bonds is 2. The molecule has 0 amide bonds. The molecule has 4 heteroatoms. The number of carbonyl (C=O) groups is 1. The standard InChI is InChI=1S/C17H12ClNO2/c1-11(20)21-14-8-6-12(7-9-14)15-10-13-4-2-3-5-16(13)19-17(15)18/h2-10H,1H3.